The molecule has 0 spiro atoms. The molecule has 1 aliphatic heterocycles. The zero-order chi connectivity index (χ0) is 36.3. The number of carbonyl (C=O) groups is 4. The van der Waals surface area contributed by atoms with Crippen molar-refractivity contribution >= 4 is 23.9 Å². The number of hydrogen-bond donors (Lipinski definition) is 0. The van der Waals surface area contributed by atoms with Gasteiger partial charge in [0, 0.05) is 0 Å². The smallest absolute Gasteiger partial charge is 0.338 e. The third-order valence-electron chi connectivity index (χ3n) is 8.05. The lowest BCUT2D eigenvalue weighted by Gasteiger charge is -2.44. The highest BCUT2D eigenvalue weighted by atomic mass is 16.7. The van der Waals surface area contributed by atoms with Crippen LogP contribution in [0.3, 0.4) is 0 Å². The van der Waals surface area contributed by atoms with Gasteiger partial charge < -0.3 is 33.2 Å². The van der Waals surface area contributed by atoms with Crippen LogP contribution in [0.1, 0.15) is 41.4 Å². The third kappa shape index (κ3) is 8.82. The molecule has 0 aromatic heterocycles. The van der Waals surface area contributed by atoms with E-state index in [4.69, 9.17) is 33.2 Å². The summed E-state index contributed by atoms with van der Waals surface area (Å²) < 4.78 is 41.7. The van der Waals surface area contributed by atoms with Gasteiger partial charge in [0.2, 0.25) is 12.4 Å². The summed E-state index contributed by atoms with van der Waals surface area (Å²) in [5.41, 5.74) is 0.819. The van der Waals surface area contributed by atoms with Gasteiger partial charge >= 0.3 is 23.9 Å². The van der Waals surface area contributed by atoms with Crippen molar-refractivity contribution < 1.29 is 52.3 Å². The SMILES string of the molecule is COc1ccc(O[C@@H]2O[C@H](COC(=O)c3ccccc3)[C@@H](OC(=O)c3ccccc3)[C@H](OC(=O)c3ccccc3)[C@H]2OC(=O)c2ccccc2)cc1. The Morgan fingerprint density at radius 3 is 1.31 bits per heavy atom. The summed E-state index contributed by atoms with van der Waals surface area (Å²) in [5.74, 6) is -2.24. The predicted molar refractivity (Wildman–Crippen MR) is 186 cm³/mol. The van der Waals surface area contributed by atoms with E-state index in [1.165, 1.54) is 7.11 Å². The second-order valence-corrected chi connectivity index (χ2v) is 11.5. The van der Waals surface area contributed by atoms with E-state index < -0.39 is 61.2 Å². The minimum atomic E-state index is -1.54. The summed E-state index contributed by atoms with van der Waals surface area (Å²) in [7, 11) is 1.52. The fraction of sp³-hybridized carbons (Fsp3) is 0.171. The van der Waals surface area contributed by atoms with Gasteiger partial charge in [-0.05, 0) is 72.8 Å². The molecule has 0 bridgehead atoms. The Morgan fingerprint density at radius 2 is 0.865 bits per heavy atom. The molecule has 1 aliphatic rings. The maximum absolute atomic E-state index is 13.7. The summed E-state index contributed by atoms with van der Waals surface area (Å²) in [4.78, 5) is 54.1. The quantitative estimate of drug-likeness (QED) is 0.107. The molecule has 11 heteroatoms. The predicted octanol–water partition coefficient (Wildman–Crippen LogP) is 6.33. The molecule has 1 fully saturated rings. The maximum atomic E-state index is 13.7. The van der Waals surface area contributed by atoms with Crippen molar-refractivity contribution in [2.45, 2.75) is 30.7 Å². The Morgan fingerprint density at radius 1 is 0.481 bits per heavy atom. The standard InChI is InChI=1S/C41H34O11/c1-46-31-22-24-32(25-23-31)48-41-36(52-40(45)30-20-12-5-13-21-30)35(51-39(44)29-18-10-4-11-19-29)34(50-38(43)28-16-8-3-9-17-28)33(49-41)26-47-37(42)27-14-6-2-7-15-27/h2-25,33-36,41H,26H2,1H3/t33-,34-,35+,36-,41-/m1/s1. The van der Waals surface area contributed by atoms with Gasteiger partial charge in [0.1, 0.15) is 24.2 Å². The first-order chi connectivity index (χ1) is 25.4. The van der Waals surface area contributed by atoms with Crippen molar-refractivity contribution in [1.29, 1.82) is 0 Å². The van der Waals surface area contributed by atoms with Crippen LogP contribution < -0.4 is 9.47 Å². The highest BCUT2D eigenvalue weighted by molar-refractivity contribution is 5.91. The van der Waals surface area contributed by atoms with Crippen LogP contribution in [0, 0.1) is 0 Å². The Labute approximate surface area is 299 Å². The molecule has 5 aromatic carbocycles. The molecule has 0 amide bonds. The fourth-order valence-corrected chi connectivity index (χ4v) is 5.41. The molecular weight excluding hydrogens is 668 g/mol. The summed E-state index contributed by atoms with van der Waals surface area (Å²) in [6, 6.07) is 39.2. The summed E-state index contributed by atoms with van der Waals surface area (Å²) in [5, 5.41) is 0. The van der Waals surface area contributed by atoms with Crippen LogP contribution in [-0.4, -0.2) is 68.3 Å². The van der Waals surface area contributed by atoms with E-state index in [-0.39, 0.29) is 28.0 Å². The van der Waals surface area contributed by atoms with Gasteiger partial charge in [-0.3, -0.25) is 0 Å². The lowest BCUT2D eigenvalue weighted by molar-refractivity contribution is -0.275. The zero-order valence-corrected chi connectivity index (χ0v) is 27.9. The monoisotopic (exact) mass is 702 g/mol. The minimum Gasteiger partial charge on any atom is -0.497 e. The molecule has 0 radical (unpaired) electrons. The first-order valence-corrected chi connectivity index (χ1v) is 16.4. The zero-order valence-electron chi connectivity index (χ0n) is 27.9. The number of esters is 4. The molecule has 6 rings (SSSR count). The average molecular weight is 703 g/mol. The van der Waals surface area contributed by atoms with Gasteiger partial charge in [-0.15, -0.1) is 0 Å². The van der Waals surface area contributed by atoms with Gasteiger partial charge in [0.05, 0.1) is 29.4 Å². The topological polar surface area (TPSA) is 133 Å². The van der Waals surface area contributed by atoms with Gasteiger partial charge in [-0.25, -0.2) is 19.2 Å². The fourth-order valence-electron chi connectivity index (χ4n) is 5.41. The second-order valence-electron chi connectivity index (χ2n) is 11.5. The molecule has 1 saturated heterocycles. The summed E-state index contributed by atoms with van der Waals surface area (Å²) >= 11 is 0. The van der Waals surface area contributed by atoms with E-state index in [0.29, 0.717) is 5.75 Å². The summed E-state index contributed by atoms with van der Waals surface area (Å²) in [6.07, 6.45) is -7.29. The van der Waals surface area contributed by atoms with E-state index >= 15 is 0 Å². The molecule has 5 atom stereocenters. The minimum absolute atomic E-state index is 0.176. The number of carbonyl (C=O) groups excluding carboxylic acids is 4. The van der Waals surface area contributed by atoms with Crippen LogP contribution in [0.15, 0.2) is 146 Å². The Hall–Kier alpha value is -6.46. The molecule has 11 nitrogen and oxygen atoms in total. The average Bonchev–Trinajstić information content (AvgIpc) is 3.20. The third-order valence-corrected chi connectivity index (χ3v) is 8.05. The van der Waals surface area contributed by atoms with E-state index in [9.17, 15) is 19.2 Å². The number of benzene rings is 5. The highest BCUT2D eigenvalue weighted by Gasteiger charge is 2.54. The first-order valence-electron chi connectivity index (χ1n) is 16.4. The van der Waals surface area contributed by atoms with Crippen LogP contribution in [-0.2, 0) is 23.7 Å². The Kier molecular flexibility index (Phi) is 11.5. The molecule has 0 unspecified atom stereocenters. The Bertz CT molecular complexity index is 1940. The van der Waals surface area contributed by atoms with Gasteiger partial charge in [0.15, 0.2) is 12.2 Å². The number of ether oxygens (including phenoxy) is 7. The van der Waals surface area contributed by atoms with Crippen LogP contribution in [0.25, 0.3) is 0 Å². The molecule has 0 aliphatic carbocycles. The number of methoxy groups -OCH3 is 1. The van der Waals surface area contributed by atoms with Crippen molar-refractivity contribution in [3.05, 3.63) is 168 Å². The molecule has 1 heterocycles. The van der Waals surface area contributed by atoms with Crippen LogP contribution >= 0.6 is 0 Å². The van der Waals surface area contributed by atoms with Crippen molar-refractivity contribution in [2.75, 3.05) is 13.7 Å². The number of rotatable bonds is 12. The lowest BCUT2D eigenvalue weighted by Crippen LogP contribution is -2.63. The van der Waals surface area contributed by atoms with Crippen LogP contribution in [0.4, 0.5) is 0 Å². The van der Waals surface area contributed by atoms with Crippen molar-refractivity contribution in [3.8, 4) is 11.5 Å². The molecule has 0 saturated carbocycles. The van der Waals surface area contributed by atoms with Gasteiger partial charge in [-0.1, -0.05) is 72.8 Å². The van der Waals surface area contributed by atoms with Gasteiger partial charge in [0.25, 0.3) is 0 Å². The molecule has 52 heavy (non-hydrogen) atoms. The van der Waals surface area contributed by atoms with Gasteiger partial charge in [-0.2, -0.15) is 0 Å². The highest BCUT2D eigenvalue weighted by Crippen LogP contribution is 2.33. The molecule has 0 N–H and O–H groups in total. The number of hydrogen-bond acceptors (Lipinski definition) is 11. The van der Waals surface area contributed by atoms with E-state index in [2.05, 4.69) is 0 Å². The van der Waals surface area contributed by atoms with E-state index in [0.717, 1.165) is 0 Å². The maximum Gasteiger partial charge on any atom is 0.338 e. The van der Waals surface area contributed by atoms with Crippen LogP contribution in [0.2, 0.25) is 0 Å². The van der Waals surface area contributed by atoms with E-state index in [1.807, 2.05) is 0 Å². The summed E-state index contributed by atoms with van der Waals surface area (Å²) in [6.45, 7) is -0.471. The Balaban J connectivity index is 1.41. The van der Waals surface area contributed by atoms with Crippen molar-refractivity contribution in [3.63, 3.8) is 0 Å². The molecule has 264 valence electrons. The molecule has 5 aromatic rings. The lowest BCUT2D eigenvalue weighted by atomic mass is 9.97. The van der Waals surface area contributed by atoms with E-state index in [1.54, 1.807) is 146 Å². The largest absolute Gasteiger partial charge is 0.497 e. The van der Waals surface area contributed by atoms with Crippen molar-refractivity contribution in [1.82, 2.24) is 0 Å². The van der Waals surface area contributed by atoms with Crippen molar-refractivity contribution in [2.24, 2.45) is 0 Å². The normalized spacial score (nSPS) is 19.4. The molecular formula is C41H34O11. The second kappa shape index (κ2) is 17.0. The van der Waals surface area contributed by atoms with Crippen LogP contribution in [0.5, 0.6) is 11.5 Å². The first kappa shape index (κ1) is 35.4.